The summed E-state index contributed by atoms with van der Waals surface area (Å²) in [5.41, 5.74) is -0.289. The molecule has 0 bridgehead atoms. The van der Waals surface area contributed by atoms with Crippen LogP contribution in [0.4, 0.5) is 0 Å². The zero-order valence-corrected chi connectivity index (χ0v) is 7.65. The van der Waals surface area contributed by atoms with Crippen LogP contribution in [0.1, 0.15) is 6.92 Å². The van der Waals surface area contributed by atoms with Crippen molar-refractivity contribution in [3.8, 4) is 0 Å². The molecule has 0 saturated heterocycles. The lowest BCUT2D eigenvalue weighted by Gasteiger charge is -1.99. The smallest absolute Gasteiger partial charge is 0.340 e. The number of thiol groups is 2. The molecule has 11 heavy (non-hydrogen) atoms. The number of Topliss-reactive ketones (excluding diaryl/α,β-unsaturated/α-hetero) is 1. The van der Waals surface area contributed by atoms with Crippen LogP contribution in [-0.2, 0) is 9.59 Å². The third-order valence-corrected chi connectivity index (χ3v) is 1.95. The topological polar surface area (TPSA) is 54.4 Å². The lowest BCUT2D eigenvalue weighted by Crippen LogP contribution is -2.11. The highest BCUT2D eigenvalue weighted by atomic mass is 32.1. The van der Waals surface area contributed by atoms with Gasteiger partial charge in [0.15, 0.2) is 5.78 Å². The molecule has 5 heteroatoms. The van der Waals surface area contributed by atoms with Gasteiger partial charge in [0.05, 0.1) is 0 Å². The van der Waals surface area contributed by atoms with Crippen LogP contribution >= 0.6 is 25.3 Å². The maximum absolute atomic E-state index is 10.7. The van der Waals surface area contributed by atoms with Crippen molar-refractivity contribution in [3.05, 3.63) is 10.5 Å². The highest BCUT2D eigenvalue weighted by Crippen LogP contribution is 2.11. The first kappa shape index (κ1) is 10.6. The highest BCUT2D eigenvalue weighted by molar-refractivity contribution is 7.87. The third-order valence-electron chi connectivity index (χ3n) is 1.00. The number of rotatable bonds is 3. The highest BCUT2D eigenvalue weighted by Gasteiger charge is 2.15. The maximum atomic E-state index is 10.7. The molecule has 0 atom stereocenters. The molecular formula is C6H8O3S2. The molecule has 0 aromatic heterocycles. The summed E-state index contributed by atoms with van der Waals surface area (Å²) in [5.74, 6) is -1.60. The summed E-state index contributed by atoms with van der Waals surface area (Å²) in [6.45, 7) is 1.18. The van der Waals surface area contributed by atoms with E-state index in [0.29, 0.717) is 0 Å². The van der Waals surface area contributed by atoms with Gasteiger partial charge in [0, 0.05) is 10.7 Å². The van der Waals surface area contributed by atoms with Gasteiger partial charge in [-0.3, -0.25) is 4.79 Å². The molecule has 0 aliphatic heterocycles. The van der Waals surface area contributed by atoms with Gasteiger partial charge < -0.3 is 5.11 Å². The van der Waals surface area contributed by atoms with E-state index >= 15 is 0 Å². The molecule has 0 aliphatic rings. The second kappa shape index (κ2) is 4.46. The second-order valence-electron chi connectivity index (χ2n) is 1.84. The molecule has 62 valence electrons. The quantitative estimate of drug-likeness (QED) is 0.268. The van der Waals surface area contributed by atoms with Gasteiger partial charge >= 0.3 is 5.97 Å². The summed E-state index contributed by atoms with van der Waals surface area (Å²) in [4.78, 5) is 21.2. The van der Waals surface area contributed by atoms with E-state index in [1.165, 1.54) is 6.92 Å². The third kappa shape index (κ3) is 2.98. The van der Waals surface area contributed by atoms with Gasteiger partial charge in [-0.15, -0.1) is 12.6 Å². The Labute approximate surface area is 75.3 Å². The van der Waals surface area contributed by atoms with E-state index in [1.807, 2.05) is 0 Å². The first-order chi connectivity index (χ1) is 5.00. The minimum Gasteiger partial charge on any atom is -0.478 e. The zero-order chi connectivity index (χ0) is 9.02. The van der Waals surface area contributed by atoms with Crippen LogP contribution in [0, 0.1) is 0 Å². The van der Waals surface area contributed by atoms with Gasteiger partial charge in [0.1, 0.15) is 5.57 Å². The van der Waals surface area contributed by atoms with Crippen LogP contribution < -0.4 is 0 Å². The van der Waals surface area contributed by atoms with Gasteiger partial charge in [-0.25, -0.2) is 4.79 Å². The van der Waals surface area contributed by atoms with Gasteiger partial charge in [-0.2, -0.15) is 12.6 Å². The number of ketones is 1. The standard InChI is InChI=1S/C6H8O3S2/c1-3(7)5(6(8)9)4(11)2-10/h10-11H,2H2,1H3,(H,8,9). The normalized spacial score (nSPS) is 12.3. The van der Waals surface area contributed by atoms with Crippen molar-refractivity contribution in [2.75, 3.05) is 5.75 Å². The predicted octanol–water partition coefficient (Wildman–Crippen LogP) is 0.774. The SMILES string of the molecule is CC(=O)C(C(=O)O)=C(S)CS. The number of carbonyl (C=O) groups is 2. The fourth-order valence-corrected chi connectivity index (χ4v) is 0.967. The summed E-state index contributed by atoms with van der Waals surface area (Å²) in [6.07, 6.45) is 0. The van der Waals surface area contributed by atoms with Gasteiger partial charge in [-0.1, -0.05) is 0 Å². The van der Waals surface area contributed by atoms with E-state index < -0.39 is 11.8 Å². The van der Waals surface area contributed by atoms with Crippen molar-refractivity contribution in [1.82, 2.24) is 0 Å². The van der Waals surface area contributed by atoms with Crippen molar-refractivity contribution in [2.24, 2.45) is 0 Å². The van der Waals surface area contributed by atoms with Gasteiger partial charge in [-0.05, 0) is 6.92 Å². The Balaban J connectivity index is 4.88. The van der Waals surface area contributed by atoms with Crippen molar-refractivity contribution in [2.45, 2.75) is 6.92 Å². The van der Waals surface area contributed by atoms with E-state index in [9.17, 15) is 9.59 Å². The molecule has 0 heterocycles. The van der Waals surface area contributed by atoms with Gasteiger partial charge in [0.25, 0.3) is 0 Å². The summed E-state index contributed by atoms with van der Waals surface area (Å²) in [5, 5.41) is 8.48. The molecule has 0 unspecified atom stereocenters. The summed E-state index contributed by atoms with van der Waals surface area (Å²) in [7, 11) is 0. The fourth-order valence-electron chi connectivity index (χ4n) is 0.556. The van der Waals surface area contributed by atoms with Crippen LogP contribution in [0.15, 0.2) is 10.5 Å². The van der Waals surface area contributed by atoms with Crippen LogP contribution in [0.2, 0.25) is 0 Å². The lowest BCUT2D eigenvalue weighted by molar-refractivity contribution is -0.134. The number of hydrogen-bond acceptors (Lipinski definition) is 4. The molecule has 0 fully saturated rings. The minimum atomic E-state index is -1.25. The minimum absolute atomic E-state index is 0.157. The van der Waals surface area contributed by atoms with Crippen molar-refractivity contribution >= 4 is 37.0 Å². The number of hydrogen-bond donors (Lipinski definition) is 3. The summed E-state index contributed by atoms with van der Waals surface area (Å²) >= 11 is 7.60. The molecule has 0 aromatic carbocycles. The summed E-state index contributed by atoms with van der Waals surface area (Å²) in [6, 6.07) is 0. The molecule has 0 spiro atoms. The number of carbonyl (C=O) groups excluding carboxylic acids is 1. The Kier molecular flexibility index (Phi) is 4.29. The average Bonchev–Trinajstić information content (AvgIpc) is 1.85. The Bertz CT molecular complexity index is 204. The van der Waals surface area contributed by atoms with E-state index in [2.05, 4.69) is 25.3 Å². The second-order valence-corrected chi connectivity index (χ2v) is 2.70. The van der Waals surface area contributed by atoms with Crippen LogP contribution in [-0.4, -0.2) is 22.6 Å². The van der Waals surface area contributed by atoms with Crippen molar-refractivity contribution in [3.63, 3.8) is 0 Å². The van der Waals surface area contributed by atoms with E-state index in [4.69, 9.17) is 5.11 Å². The molecule has 0 rings (SSSR count). The first-order valence-corrected chi connectivity index (χ1v) is 3.85. The molecule has 0 radical (unpaired) electrons. The zero-order valence-electron chi connectivity index (χ0n) is 5.87. The van der Waals surface area contributed by atoms with E-state index in [1.54, 1.807) is 0 Å². The molecule has 0 aromatic rings. The van der Waals surface area contributed by atoms with Crippen molar-refractivity contribution < 1.29 is 14.7 Å². The van der Waals surface area contributed by atoms with E-state index in [0.717, 1.165) is 0 Å². The molecule has 1 N–H and O–H groups in total. The maximum Gasteiger partial charge on any atom is 0.340 e. The number of aliphatic carboxylic acids is 1. The molecule has 3 nitrogen and oxygen atoms in total. The number of carboxylic acids is 1. The fraction of sp³-hybridized carbons (Fsp3) is 0.333. The van der Waals surface area contributed by atoms with Crippen LogP contribution in [0.25, 0.3) is 0 Å². The lowest BCUT2D eigenvalue weighted by atomic mass is 10.2. The Hall–Kier alpha value is -0.420. The molecule has 0 saturated carbocycles. The van der Waals surface area contributed by atoms with Crippen LogP contribution in [0.5, 0.6) is 0 Å². The summed E-state index contributed by atoms with van der Waals surface area (Å²) < 4.78 is 0. The van der Waals surface area contributed by atoms with Gasteiger partial charge in [0.2, 0.25) is 0 Å². The molecular weight excluding hydrogens is 184 g/mol. The van der Waals surface area contributed by atoms with Crippen molar-refractivity contribution in [1.29, 1.82) is 0 Å². The average molecular weight is 192 g/mol. The Morgan fingerprint density at radius 2 is 1.91 bits per heavy atom. The number of carboxylic acid groups (broad SMARTS) is 1. The largest absolute Gasteiger partial charge is 0.478 e. The van der Waals surface area contributed by atoms with Crippen LogP contribution in [0.3, 0.4) is 0 Å². The molecule has 0 aliphatic carbocycles. The van der Waals surface area contributed by atoms with E-state index in [-0.39, 0.29) is 16.2 Å². The first-order valence-electron chi connectivity index (χ1n) is 2.78. The Morgan fingerprint density at radius 1 is 1.45 bits per heavy atom. The predicted molar refractivity (Wildman–Crippen MR) is 48.2 cm³/mol. The monoisotopic (exact) mass is 192 g/mol. The Morgan fingerprint density at radius 3 is 2.00 bits per heavy atom. The molecule has 0 amide bonds.